The summed E-state index contributed by atoms with van der Waals surface area (Å²) >= 11 is 1.81. The van der Waals surface area contributed by atoms with E-state index in [9.17, 15) is 0 Å². The van der Waals surface area contributed by atoms with Crippen molar-refractivity contribution in [3.05, 3.63) is 10.6 Å². The van der Waals surface area contributed by atoms with Crippen LogP contribution in [0.25, 0.3) is 0 Å². The summed E-state index contributed by atoms with van der Waals surface area (Å²) in [6, 6.07) is 0. The number of hydrogen-bond donors (Lipinski definition) is 1. The highest BCUT2D eigenvalue weighted by molar-refractivity contribution is 7.15. The quantitative estimate of drug-likeness (QED) is 0.673. The molecular formula is C15H29N3OS. The van der Waals surface area contributed by atoms with Gasteiger partial charge < -0.3 is 15.0 Å². The van der Waals surface area contributed by atoms with E-state index in [4.69, 9.17) is 9.72 Å². The van der Waals surface area contributed by atoms with Gasteiger partial charge in [-0.3, -0.25) is 0 Å². The molecule has 1 N–H and O–H groups in total. The number of rotatable bonds is 10. The van der Waals surface area contributed by atoms with E-state index in [1.165, 1.54) is 10.6 Å². The third-order valence-electron chi connectivity index (χ3n) is 3.47. The van der Waals surface area contributed by atoms with Gasteiger partial charge in [0.15, 0.2) is 5.13 Å². The molecule has 20 heavy (non-hydrogen) atoms. The Kier molecular flexibility index (Phi) is 8.11. The molecule has 0 aliphatic carbocycles. The highest BCUT2D eigenvalue weighted by Crippen LogP contribution is 2.31. The Balaban J connectivity index is 2.81. The van der Waals surface area contributed by atoms with Crippen LogP contribution in [0.15, 0.2) is 0 Å². The Hall–Kier alpha value is -0.650. The molecule has 1 atom stereocenters. The summed E-state index contributed by atoms with van der Waals surface area (Å²) in [6.07, 6.45) is 2.30. The predicted octanol–water partition coefficient (Wildman–Crippen LogP) is 3.24. The molecule has 0 saturated carbocycles. The van der Waals surface area contributed by atoms with Crippen LogP contribution < -0.4 is 10.2 Å². The zero-order valence-electron chi connectivity index (χ0n) is 13.5. The number of methoxy groups -OCH3 is 1. The molecule has 1 aromatic rings. The first kappa shape index (κ1) is 17.4. The molecule has 1 unspecified atom stereocenters. The number of nitrogens with zero attached hydrogens (tertiary/aromatic N) is 2. The maximum absolute atomic E-state index is 5.14. The van der Waals surface area contributed by atoms with Crippen LogP contribution in [0.1, 0.15) is 50.1 Å². The first-order chi connectivity index (χ1) is 9.63. The standard InChI is InChI=1S/C15H29N3OS/c1-6-8-16-11-13-14(12(3)7-2)17-15(20-13)18(4)9-10-19-5/h12,16H,6-11H2,1-5H3. The van der Waals surface area contributed by atoms with E-state index in [-0.39, 0.29) is 0 Å². The fourth-order valence-electron chi connectivity index (χ4n) is 1.92. The molecule has 5 heteroatoms. The number of hydrogen-bond acceptors (Lipinski definition) is 5. The van der Waals surface area contributed by atoms with Crippen LogP contribution in [-0.2, 0) is 11.3 Å². The summed E-state index contributed by atoms with van der Waals surface area (Å²) < 4.78 is 5.14. The van der Waals surface area contributed by atoms with Gasteiger partial charge in [0.1, 0.15) is 0 Å². The number of ether oxygens (including phenoxy) is 1. The summed E-state index contributed by atoms with van der Waals surface area (Å²) in [6.45, 7) is 10.3. The van der Waals surface area contributed by atoms with Gasteiger partial charge in [-0.25, -0.2) is 4.98 Å². The molecule has 0 amide bonds. The molecule has 0 radical (unpaired) electrons. The second kappa shape index (κ2) is 9.32. The Morgan fingerprint density at radius 1 is 1.40 bits per heavy atom. The fraction of sp³-hybridized carbons (Fsp3) is 0.800. The van der Waals surface area contributed by atoms with Gasteiger partial charge in [0.05, 0.1) is 12.3 Å². The maximum Gasteiger partial charge on any atom is 0.185 e. The number of anilines is 1. The molecule has 1 rings (SSSR count). The van der Waals surface area contributed by atoms with Crippen molar-refractivity contribution in [3.63, 3.8) is 0 Å². The molecule has 0 saturated heterocycles. The van der Waals surface area contributed by atoms with E-state index in [0.29, 0.717) is 5.92 Å². The van der Waals surface area contributed by atoms with Crippen LogP contribution in [0, 0.1) is 0 Å². The highest BCUT2D eigenvalue weighted by Gasteiger charge is 2.17. The van der Waals surface area contributed by atoms with E-state index in [1.807, 2.05) is 11.3 Å². The van der Waals surface area contributed by atoms with Crippen LogP contribution in [0.5, 0.6) is 0 Å². The average Bonchev–Trinajstić information content (AvgIpc) is 2.88. The maximum atomic E-state index is 5.14. The number of likely N-dealkylation sites (N-methyl/N-ethyl adjacent to an activating group) is 1. The molecule has 0 aromatic carbocycles. The molecule has 0 fully saturated rings. The number of aromatic nitrogens is 1. The van der Waals surface area contributed by atoms with Gasteiger partial charge in [-0.15, -0.1) is 11.3 Å². The molecular weight excluding hydrogens is 270 g/mol. The molecule has 4 nitrogen and oxygen atoms in total. The summed E-state index contributed by atoms with van der Waals surface area (Å²) in [4.78, 5) is 8.43. The lowest BCUT2D eigenvalue weighted by molar-refractivity contribution is 0.206. The van der Waals surface area contributed by atoms with Crippen molar-refractivity contribution in [2.45, 2.75) is 46.1 Å². The van der Waals surface area contributed by atoms with Gasteiger partial charge in [0, 0.05) is 32.1 Å². The Morgan fingerprint density at radius 3 is 2.75 bits per heavy atom. The molecule has 1 heterocycles. The highest BCUT2D eigenvalue weighted by atomic mass is 32.1. The Morgan fingerprint density at radius 2 is 2.15 bits per heavy atom. The molecule has 0 aliphatic heterocycles. The third-order valence-corrected chi connectivity index (χ3v) is 4.65. The van der Waals surface area contributed by atoms with Crippen LogP contribution in [0.2, 0.25) is 0 Å². The molecule has 1 aromatic heterocycles. The van der Waals surface area contributed by atoms with Crippen molar-refractivity contribution in [1.29, 1.82) is 0 Å². The summed E-state index contributed by atoms with van der Waals surface area (Å²) in [7, 11) is 3.82. The Labute approximate surface area is 127 Å². The lowest BCUT2D eigenvalue weighted by Gasteiger charge is -2.14. The van der Waals surface area contributed by atoms with Gasteiger partial charge in [-0.05, 0) is 25.3 Å². The third kappa shape index (κ3) is 5.04. The SMILES string of the molecule is CCCNCc1sc(N(C)CCOC)nc1C(C)CC. The monoisotopic (exact) mass is 299 g/mol. The van der Waals surface area contributed by atoms with Gasteiger partial charge >= 0.3 is 0 Å². The normalized spacial score (nSPS) is 12.7. The van der Waals surface area contributed by atoms with Gasteiger partial charge in [-0.1, -0.05) is 20.8 Å². The van der Waals surface area contributed by atoms with Crippen LogP contribution in [0.4, 0.5) is 5.13 Å². The van der Waals surface area contributed by atoms with Crippen molar-refractivity contribution in [1.82, 2.24) is 10.3 Å². The van der Waals surface area contributed by atoms with Crippen molar-refractivity contribution in [2.75, 3.05) is 38.8 Å². The van der Waals surface area contributed by atoms with Crippen molar-refractivity contribution in [2.24, 2.45) is 0 Å². The minimum absolute atomic E-state index is 0.522. The van der Waals surface area contributed by atoms with Gasteiger partial charge in [0.2, 0.25) is 0 Å². The summed E-state index contributed by atoms with van der Waals surface area (Å²) in [5.74, 6) is 0.522. The lowest BCUT2D eigenvalue weighted by Crippen LogP contribution is -2.21. The summed E-state index contributed by atoms with van der Waals surface area (Å²) in [5.41, 5.74) is 1.26. The topological polar surface area (TPSA) is 37.4 Å². The van der Waals surface area contributed by atoms with Gasteiger partial charge in [-0.2, -0.15) is 0 Å². The van der Waals surface area contributed by atoms with Crippen molar-refractivity contribution < 1.29 is 4.74 Å². The molecule has 0 bridgehead atoms. The molecule has 0 aliphatic rings. The van der Waals surface area contributed by atoms with E-state index in [0.717, 1.165) is 44.2 Å². The van der Waals surface area contributed by atoms with E-state index in [1.54, 1.807) is 7.11 Å². The molecule has 0 spiro atoms. The largest absolute Gasteiger partial charge is 0.383 e. The summed E-state index contributed by atoms with van der Waals surface area (Å²) in [5, 5.41) is 4.60. The number of thiazole rings is 1. The first-order valence-electron chi connectivity index (χ1n) is 7.54. The predicted molar refractivity (Wildman–Crippen MR) is 88.0 cm³/mol. The zero-order chi connectivity index (χ0) is 15.0. The van der Waals surface area contributed by atoms with Crippen LogP contribution in [-0.4, -0.2) is 38.8 Å². The zero-order valence-corrected chi connectivity index (χ0v) is 14.3. The van der Waals surface area contributed by atoms with E-state index in [2.05, 4.69) is 38.0 Å². The Bertz CT molecular complexity index is 381. The minimum Gasteiger partial charge on any atom is -0.383 e. The fourth-order valence-corrected chi connectivity index (χ4v) is 3.06. The van der Waals surface area contributed by atoms with Crippen molar-refractivity contribution in [3.8, 4) is 0 Å². The second-order valence-corrected chi connectivity index (χ2v) is 6.27. The van der Waals surface area contributed by atoms with E-state index < -0.39 is 0 Å². The van der Waals surface area contributed by atoms with Crippen molar-refractivity contribution >= 4 is 16.5 Å². The number of nitrogens with one attached hydrogen (secondary N) is 1. The first-order valence-corrected chi connectivity index (χ1v) is 8.36. The van der Waals surface area contributed by atoms with Crippen LogP contribution in [0.3, 0.4) is 0 Å². The second-order valence-electron chi connectivity index (χ2n) is 5.21. The van der Waals surface area contributed by atoms with E-state index >= 15 is 0 Å². The smallest absolute Gasteiger partial charge is 0.185 e. The van der Waals surface area contributed by atoms with Crippen LogP contribution >= 0.6 is 11.3 Å². The lowest BCUT2D eigenvalue weighted by atomic mass is 10.0. The average molecular weight is 299 g/mol. The van der Waals surface area contributed by atoms with Gasteiger partial charge in [0.25, 0.3) is 0 Å². The minimum atomic E-state index is 0.522. The molecule has 116 valence electrons.